The third kappa shape index (κ3) is 3.93. The van der Waals surface area contributed by atoms with E-state index in [4.69, 9.17) is 0 Å². The van der Waals surface area contributed by atoms with E-state index in [0.29, 0.717) is 13.1 Å². The minimum atomic E-state index is -0.421. The predicted octanol–water partition coefficient (Wildman–Crippen LogP) is 2.63. The summed E-state index contributed by atoms with van der Waals surface area (Å²) in [6, 6.07) is 17.6. The smallest absolute Gasteiger partial charge is 0.248 e. The Bertz CT molecular complexity index is 982. The van der Waals surface area contributed by atoms with Crippen LogP contribution in [0.2, 0.25) is 0 Å². The van der Waals surface area contributed by atoms with Crippen LogP contribution in [0.5, 0.6) is 0 Å². The van der Waals surface area contributed by atoms with Crippen molar-refractivity contribution in [3.63, 3.8) is 0 Å². The molecule has 142 valence electrons. The number of hydrogen-bond donors (Lipinski definition) is 1. The Labute approximate surface area is 163 Å². The SMILES string of the molecule is Cc1ccc(N2CC(C(=O)Nc3ncn(Cc4ccccc4)n3)CC2=O)cc1. The van der Waals surface area contributed by atoms with Gasteiger partial charge in [0.15, 0.2) is 0 Å². The van der Waals surface area contributed by atoms with E-state index in [2.05, 4.69) is 15.4 Å². The lowest BCUT2D eigenvalue weighted by molar-refractivity contribution is -0.122. The van der Waals surface area contributed by atoms with Gasteiger partial charge in [-0.25, -0.2) is 9.67 Å². The third-order valence-corrected chi connectivity index (χ3v) is 4.80. The van der Waals surface area contributed by atoms with Crippen molar-refractivity contribution >= 4 is 23.5 Å². The number of anilines is 2. The van der Waals surface area contributed by atoms with Crippen molar-refractivity contribution < 1.29 is 9.59 Å². The van der Waals surface area contributed by atoms with Gasteiger partial charge in [-0.15, -0.1) is 5.10 Å². The normalized spacial score (nSPS) is 16.4. The molecule has 3 aromatic rings. The summed E-state index contributed by atoms with van der Waals surface area (Å²) in [5, 5.41) is 7.03. The Morgan fingerprint density at radius 1 is 1.14 bits per heavy atom. The van der Waals surface area contributed by atoms with Crippen molar-refractivity contribution in [1.82, 2.24) is 14.8 Å². The lowest BCUT2D eigenvalue weighted by atomic mass is 10.1. The van der Waals surface area contributed by atoms with E-state index in [1.165, 1.54) is 0 Å². The minimum Gasteiger partial charge on any atom is -0.312 e. The fourth-order valence-electron chi connectivity index (χ4n) is 3.27. The topological polar surface area (TPSA) is 80.1 Å². The monoisotopic (exact) mass is 375 g/mol. The first-order chi connectivity index (χ1) is 13.6. The molecule has 28 heavy (non-hydrogen) atoms. The van der Waals surface area contributed by atoms with Crippen LogP contribution in [0.3, 0.4) is 0 Å². The van der Waals surface area contributed by atoms with Gasteiger partial charge < -0.3 is 4.90 Å². The highest BCUT2D eigenvalue weighted by atomic mass is 16.2. The molecule has 0 saturated carbocycles. The average Bonchev–Trinajstić information content (AvgIpc) is 3.30. The number of rotatable bonds is 5. The van der Waals surface area contributed by atoms with Crippen LogP contribution in [0.4, 0.5) is 11.6 Å². The standard InChI is InChI=1S/C21H21N5O2/c1-15-7-9-18(10-8-15)26-13-17(11-19(26)27)20(28)23-21-22-14-25(24-21)12-16-5-3-2-4-6-16/h2-10,14,17H,11-13H2,1H3,(H,23,24,28). The molecule has 2 amide bonds. The Balaban J connectivity index is 1.38. The lowest BCUT2D eigenvalue weighted by Gasteiger charge is -2.16. The molecule has 1 unspecified atom stereocenters. The molecule has 1 aliphatic rings. The van der Waals surface area contributed by atoms with Gasteiger partial charge in [-0.1, -0.05) is 48.0 Å². The molecule has 1 aliphatic heterocycles. The van der Waals surface area contributed by atoms with Crippen LogP contribution in [0.25, 0.3) is 0 Å². The van der Waals surface area contributed by atoms with Crippen LogP contribution in [0.15, 0.2) is 60.9 Å². The molecule has 1 fully saturated rings. The quantitative estimate of drug-likeness (QED) is 0.743. The molecule has 0 bridgehead atoms. The van der Waals surface area contributed by atoms with Crippen LogP contribution in [0.1, 0.15) is 17.5 Å². The Kier molecular flexibility index (Phi) is 4.89. The first-order valence-electron chi connectivity index (χ1n) is 9.20. The highest BCUT2D eigenvalue weighted by molar-refractivity contribution is 6.03. The molecule has 1 saturated heterocycles. The van der Waals surface area contributed by atoms with Crippen molar-refractivity contribution in [2.75, 3.05) is 16.8 Å². The maximum absolute atomic E-state index is 12.6. The molecule has 7 heteroatoms. The van der Waals surface area contributed by atoms with Gasteiger partial charge in [0.05, 0.1) is 12.5 Å². The molecule has 0 radical (unpaired) electrons. The number of aryl methyl sites for hydroxylation is 1. The summed E-state index contributed by atoms with van der Waals surface area (Å²) >= 11 is 0. The number of amides is 2. The van der Waals surface area contributed by atoms with Gasteiger partial charge in [-0.3, -0.25) is 14.9 Å². The van der Waals surface area contributed by atoms with Crippen LogP contribution >= 0.6 is 0 Å². The maximum Gasteiger partial charge on any atom is 0.248 e. The summed E-state index contributed by atoms with van der Waals surface area (Å²) in [6.45, 7) is 2.93. The molecule has 4 rings (SSSR count). The second-order valence-electron chi connectivity index (χ2n) is 6.98. The molecule has 0 aliphatic carbocycles. The Hall–Kier alpha value is -3.48. The molecular formula is C21H21N5O2. The molecule has 7 nitrogen and oxygen atoms in total. The number of hydrogen-bond acceptors (Lipinski definition) is 4. The molecular weight excluding hydrogens is 354 g/mol. The number of nitrogens with one attached hydrogen (secondary N) is 1. The van der Waals surface area contributed by atoms with Gasteiger partial charge in [0.1, 0.15) is 6.33 Å². The summed E-state index contributed by atoms with van der Waals surface area (Å²) in [7, 11) is 0. The van der Waals surface area contributed by atoms with Gasteiger partial charge in [0.2, 0.25) is 17.8 Å². The van der Waals surface area contributed by atoms with E-state index in [0.717, 1.165) is 16.8 Å². The van der Waals surface area contributed by atoms with E-state index in [1.54, 1.807) is 15.9 Å². The fraction of sp³-hybridized carbons (Fsp3) is 0.238. The van der Waals surface area contributed by atoms with Crippen molar-refractivity contribution in [3.05, 3.63) is 72.1 Å². The average molecular weight is 375 g/mol. The van der Waals surface area contributed by atoms with Crippen LogP contribution < -0.4 is 10.2 Å². The summed E-state index contributed by atoms with van der Waals surface area (Å²) < 4.78 is 1.67. The van der Waals surface area contributed by atoms with Crippen molar-refractivity contribution in [2.24, 2.45) is 5.92 Å². The highest BCUT2D eigenvalue weighted by Gasteiger charge is 2.35. The van der Waals surface area contributed by atoms with Crippen LogP contribution in [0, 0.1) is 12.8 Å². The van der Waals surface area contributed by atoms with Gasteiger partial charge in [0.25, 0.3) is 0 Å². The van der Waals surface area contributed by atoms with Gasteiger partial charge in [-0.05, 0) is 24.6 Å². The van der Waals surface area contributed by atoms with Crippen molar-refractivity contribution in [2.45, 2.75) is 19.9 Å². The van der Waals surface area contributed by atoms with Gasteiger partial charge in [-0.2, -0.15) is 0 Å². The Morgan fingerprint density at radius 2 is 1.89 bits per heavy atom. The van der Waals surface area contributed by atoms with E-state index in [1.807, 2.05) is 61.5 Å². The van der Waals surface area contributed by atoms with E-state index in [-0.39, 0.29) is 24.2 Å². The second kappa shape index (κ2) is 7.64. The molecule has 0 spiro atoms. The van der Waals surface area contributed by atoms with Crippen LogP contribution in [-0.4, -0.2) is 33.1 Å². The van der Waals surface area contributed by atoms with Gasteiger partial charge >= 0.3 is 0 Å². The summed E-state index contributed by atoms with van der Waals surface area (Å²) in [5.74, 6) is -0.455. The molecule has 1 aromatic heterocycles. The second-order valence-corrected chi connectivity index (χ2v) is 6.98. The number of benzene rings is 2. The first kappa shape index (κ1) is 17.9. The summed E-state index contributed by atoms with van der Waals surface area (Å²) in [6.07, 6.45) is 1.77. The largest absolute Gasteiger partial charge is 0.312 e. The third-order valence-electron chi connectivity index (χ3n) is 4.80. The zero-order chi connectivity index (χ0) is 19.5. The van der Waals surface area contributed by atoms with Crippen LogP contribution in [-0.2, 0) is 16.1 Å². The zero-order valence-corrected chi connectivity index (χ0v) is 15.6. The van der Waals surface area contributed by atoms with E-state index < -0.39 is 5.92 Å². The lowest BCUT2D eigenvalue weighted by Crippen LogP contribution is -2.28. The minimum absolute atomic E-state index is 0.0495. The Morgan fingerprint density at radius 3 is 2.64 bits per heavy atom. The molecule has 1 N–H and O–H groups in total. The number of carbonyl (C=O) groups excluding carboxylic acids is 2. The molecule has 1 atom stereocenters. The maximum atomic E-state index is 12.6. The predicted molar refractivity (Wildman–Crippen MR) is 106 cm³/mol. The zero-order valence-electron chi connectivity index (χ0n) is 15.6. The highest BCUT2D eigenvalue weighted by Crippen LogP contribution is 2.26. The van der Waals surface area contributed by atoms with E-state index in [9.17, 15) is 9.59 Å². The first-order valence-corrected chi connectivity index (χ1v) is 9.20. The number of carbonyl (C=O) groups is 2. The number of aromatic nitrogens is 3. The summed E-state index contributed by atoms with van der Waals surface area (Å²) in [4.78, 5) is 30.7. The molecule has 2 aromatic carbocycles. The summed E-state index contributed by atoms with van der Waals surface area (Å²) in [5.41, 5.74) is 3.04. The molecule has 2 heterocycles. The fourth-order valence-corrected chi connectivity index (χ4v) is 3.27. The van der Waals surface area contributed by atoms with E-state index >= 15 is 0 Å². The number of nitrogens with zero attached hydrogens (tertiary/aromatic N) is 4. The van der Waals surface area contributed by atoms with Crippen molar-refractivity contribution in [1.29, 1.82) is 0 Å². The van der Waals surface area contributed by atoms with Crippen molar-refractivity contribution in [3.8, 4) is 0 Å². The van der Waals surface area contributed by atoms with Gasteiger partial charge in [0, 0.05) is 18.7 Å².